The number of carbonyl (C=O) groups is 2. The maximum absolute atomic E-state index is 12.6. The molecule has 1 aromatic carbocycles. The number of amides is 1. The molecule has 2 N–H and O–H groups in total. The van der Waals surface area contributed by atoms with Crippen molar-refractivity contribution in [3.63, 3.8) is 0 Å². The molecule has 0 unspecified atom stereocenters. The van der Waals surface area contributed by atoms with Gasteiger partial charge < -0.3 is 15.2 Å². The highest BCUT2D eigenvalue weighted by Crippen LogP contribution is 2.32. The Bertz CT molecular complexity index is 1080. The molecule has 0 radical (unpaired) electrons. The Kier molecular flexibility index (Phi) is 18.8. The van der Waals surface area contributed by atoms with Crippen molar-refractivity contribution in [2.75, 3.05) is 13.2 Å². The number of esters is 1. The van der Waals surface area contributed by atoms with Crippen LogP contribution in [0.5, 0.6) is 5.75 Å². The minimum Gasteiger partial charge on any atom is -0.507 e. The number of benzene rings is 1. The van der Waals surface area contributed by atoms with Crippen molar-refractivity contribution in [2.24, 2.45) is 0 Å². The second kappa shape index (κ2) is 21.9. The van der Waals surface area contributed by atoms with Crippen molar-refractivity contribution < 1.29 is 32.6 Å². The molecule has 0 spiro atoms. The first kappa shape index (κ1) is 35.2. The van der Waals surface area contributed by atoms with Crippen molar-refractivity contribution in [3.8, 4) is 5.75 Å². The molecule has 5 nitrogen and oxygen atoms in total. The third kappa shape index (κ3) is 18.2. The van der Waals surface area contributed by atoms with E-state index in [1.807, 2.05) is 12.2 Å². The quantitative estimate of drug-likeness (QED) is 0.0988. The van der Waals surface area contributed by atoms with Gasteiger partial charge in [0, 0.05) is 13.0 Å². The lowest BCUT2D eigenvalue weighted by molar-refractivity contribution is -0.137. The van der Waals surface area contributed by atoms with Crippen LogP contribution in [0.25, 0.3) is 0 Å². The number of carbonyl (C=O) groups excluding carboxylic acids is 2. The van der Waals surface area contributed by atoms with Crippen molar-refractivity contribution >= 4 is 11.9 Å². The molecule has 8 heteroatoms. The molecule has 0 saturated heterocycles. The van der Waals surface area contributed by atoms with Gasteiger partial charge in [0.1, 0.15) is 11.3 Å². The van der Waals surface area contributed by atoms with Gasteiger partial charge in [0.25, 0.3) is 0 Å². The summed E-state index contributed by atoms with van der Waals surface area (Å²) in [6.07, 6.45) is 27.8. The molecule has 1 amide bonds. The molecule has 0 aliphatic carbocycles. The third-order valence-electron chi connectivity index (χ3n) is 5.56. The Morgan fingerprint density at radius 2 is 1.34 bits per heavy atom. The second-order valence-electron chi connectivity index (χ2n) is 9.02. The van der Waals surface area contributed by atoms with Gasteiger partial charge in [-0.25, -0.2) is 4.79 Å². The molecule has 0 saturated carbocycles. The fourth-order valence-corrected chi connectivity index (χ4v) is 3.37. The molecule has 0 aliphatic rings. The molecule has 224 valence electrons. The van der Waals surface area contributed by atoms with Crippen molar-refractivity contribution in [1.29, 1.82) is 0 Å². The summed E-state index contributed by atoms with van der Waals surface area (Å²) in [5.74, 6) is -1.86. The van der Waals surface area contributed by atoms with E-state index in [0.717, 1.165) is 44.6 Å². The number of nitrogens with one attached hydrogen (secondary N) is 1. The number of rotatable bonds is 19. The zero-order valence-electron chi connectivity index (χ0n) is 23.7. The van der Waals surface area contributed by atoms with Crippen molar-refractivity contribution in [2.45, 2.75) is 70.9 Å². The van der Waals surface area contributed by atoms with E-state index >= 15 is 0 Å². The minimum atomic E-state index is -4.62. The van der Waals surface area contributed by atoms with E-state index in [0.29, 0.717) is 31.4 Å². The Morgan fingerprint density at radius 3 is 1.83 bits per heavy atom. The number of hydrogen-bond acceptors (Lipinski definition) is 4. The monoisotopic (exact) mass is 573 g/mol. The van der Waals surface area contributed by atoms with E-state index in [9.17, 15) is 27.9 Å². The molecule has 0 heterocycles. The van der Waals surface area contributed by atoms with E-state index in [1.54, 1.807) is 0 Å². The summed E-state index contributed by atoms with van der Waals surface area (Å²) in [5.41, 5.74) is -1.41. The smallest absolute Gasteiger partial charge is 0.416 e. The van der Waals surface area contributed by atoms with Gasteiger partial charge in [-0.15, -0.1) is 0 Å². The number of phenols is 1. The first-order valence-electron chi connectivity index (χ1n) is 14.0. The number of allylic oxidation sites excluding steroid dienone is 12. The Hall–Kier alpha value is -3.81. The zero-order chi connectivity index (χ0) is 30.2. The van der Waals surface area contributed by atoms with Crippen LogP contribution in [-0.4, -0.2) is 30.1 Å². The van der Waals surface area contributed by atoms with Gasteiger partial charge in [-0.3, -0.25) is 4.79 Å². The average molecular weight is 574 g/mol. The van der Waals surface area contributed by atoms with Crippen molar-refractivity contribution in [1.82, 2.24) is 5.32 Å². The predicted octanol–water partition coefficient (Wildman–Crippen LogP) is 8.55. The summed E-state index contributed by atoms with van der Waals surface area (Å²) < 4.78 is 42.9. The van der Waals surface area contributed by atoms with Gasteiger partial charge in [0.2, 0.25) is 5.91 Å². The lowest BCUT2D eigenvalue weighted by Gasteiger charge is -2.10. The maximum Gasteiger partial charge on any atom is 0.416 e. The summed E-state index contributed by atoms with van der Waals surface area (Å²) in [6, 6.07) is 2.06. The largest absolute Gasteiger partial charge is 0.507 e. The van der Waals surface area contributed by atoms with E-state index in [1.165, 1.54) is 0 Å². The second-order valence-corrected chi connectivity index (χ2v) is 9.02. The molecule has 0 fully saturated rings. The lowest BCUT2D eigenvalue weighted by Crippen LogP contribution is -2.25. The summed E-state index contributed by atoms with van der Waals surface area (Å²) in [4.78, 5) is 23.8. The third-order valence-corrected chi connectivity index (χ3v) is 5.56. The van der Waals surface area contributed by atoms with E-state index in [2.05, 4.69) is 73.0 Å². The maximum atomic E-state index is 12.6. The van der Waals surface area contributed by atoms with Gasteiger partial charge in [-0.1, -0.05) is 79.8 Å². The first-order chi connectivity index (χ1) is 19.8. The van der Waals surface area contributed by atoms with Gasteiger partial charge in [0.15, 0.2) is 0 Å². The molecule has 0 atom stereocenters. The minimum absolute atomic E-state index is 0.0489. The molecule has 1 aromatic rings. The number of ether oxygens (including phenoxy) is 1. The fourth-order valence-electron chi connectivity index (χ4n) is 3.37. The molecule has 41 heavy (non-hydrogen) atoms. The van der Waals surface area contributed by atoms with Crippen LogP contribution in [-0.2, 0) is 15.7 Å². The van der Waals surface area contributed by atoms with E-state index in [-0.39, 0.29) is 24.6 Å². The first-order valence-corrected chi connectivity index (χ1v) is 14.0. The Labute approximate surface area is 241 Å². The van der Waals surface area contributed by atoms with Gasteiger partial charge in [-0.2, -0.15) is 13.2 Å². The van der Waals surface area contributed by atoms with Crippen LogP contribution in [0, 0.1) is 0 Å². The highest BCUT2D eigenvalue weighted by Gasteiger charge is 2.31. The molecular weight excluding hydrogens is 531 g/mol. The van der Waals surface area contributed by atoms with Crippen LogP contribution in [0.15, 0.2) is 91.1 Å². The topological polar surface area (TPSA) is 75.6 Å². The van der Waals surface area contributed by atoms with Gasteiger partial charge >= 0.3 is 12.1 Å². The van der Waals surface area contributed by atoms with Crippen molar-refractivity contribution in [3.05, 3.63) is 102 Å². The highest BCUT2D eigenvalue weighted by molar-refractivity contribution is 5.92. The summed E-state index contributed by atoms with van der Waals surface area (Å²) in [6.45, 7) is 2.37. The van der Waals surface area contributed by atoms with Crippen LogP contribution < -0.4 is 5.32 Å². The number of hydrogen-bond donors (Lipinski definition) is 2. The number of alkyl halides is 3. The number of halogens is 3. The number of aromatic hydroxyl groups is 1. The van der Waals surface area contributed by atoms with Gasteiger partial charge in [-0.05, 0) is 69.6 Å². The zero-order valence-corrected chi connectivity index (χ0v) is 23.7. The van der Waals surface area contributed by atoms with Crippen LogP contribution in [0.3, 0.4) is 0 Å². The SMILES string of the molecule is CCC=CCC=CCC=CCC=CCC=CCC=CCCC(=O)NCCCOC(=O)c1ccc(C(F)(F)F)cc1O. The molecule has 0 bridgehead atoms. The lowest BCUT2D eigenvalue weighted by atomic mass is 10.1. The Balaban J connectivity index is 2.06. The Morgan fingerprint density at radius 1 is 0.829 bits per heavy atom. The standard InChI is InChI=1S/C33H42F3NO4/c1-2-3-4-5-6-7-8-9-10-11-12-13-14-15-16-17-18-19-20-22-31(39)37-25-21-26-41-32(40)29-24-23-28(27-30(29)38)33(34,35)36/h3-4,6-7,9-10,12-13,15-16,18-19,23-24,27,38H,2,5,8,11,14,17,20-22,25-26H2,1H3,(H,37,39). The summed E-state index contributed by atoms with van der Waals surface area (Å²) in [7, 11) is 0. The molecule has 1 rings (SSSR count). The van der Waals surface area contributed by atoms with E-state index in [4.69, 9.17) is 4.74 Å². The predicted molar refractivity (Wildman–Crippen MR) is 158 cm³/mol. The molecule has 0 aliphatic heterocycles. The van der Waals surface area contributed by atoms with Crippen LogP contribution in [0.2, 0.25) is 0 Å². The highest BCUT2D eigenvalue weighted by atomic mass is 19.4. The normalized spacial score (nSPS) is 12.7. The molecule has 0 aromatic heterocycles. The van der Waals surface area contributed by atoms with Crippen LogP contribution >= 0.6 is 0 Å². The molecular formula is C33H42F3NO4. The van der Waals surface area contributed by atoms with Crippen LogP contribution in [0.4, 0.5) is 13.2 Å². The fraction of sp³-hybridized carbons (Fsp3) is 0.394. The van der Waals surface area contributed by atoms with Crippen LogP contribution in [0.1, 0.15) is 80.6 Å². The summed E-state index contributed by atoms with van der Waals surface area (Å²) >= 11 is 0. The van der Waals surface area contributed by atoms with E-state index < -0.39 is 23.5 Å². The average Bonchev–Trinajstić information content (AvgIpc) is 2.93. The number of phenolic OH excluding ortho intramolecular Hbond substituents is 1. The van der Waals surface area contributed by atoms with Gasteiger partial charge in [0.05, 0.1) is 12.2 Å². The summed E-state index contributed by atoms with van der Waals surface area (Å²) in [5, 5.41) is 12.4.